The van der Waals surface area contributed by atoms with Crippen LogP contribution in [0.25, 0.3) is 0 Å². The molecule has 0 bridgehead atoms. The van der Waals surface area contributed by atoms with E-state index in [1.54, 1.807) is 24.3 Å². The summed E-state index contributed by atoms with van der Waals surface area (Å²) in [5.74, 6) is -0.412. The number of hydrogen-bond acceptors (Lipinski definition) is 5. The number of benzene rings is 2. The van der Waals surface area contributed by atoms with Gasteiger partial charge in [-0.1, -0.05) is 50.2 Å². The molecule has 3 rings (SSSR count). The summed E-state index contributed by atoms with van der Waals surface area (Å²) in [7, 11) is -3.05. The van der Waals surface area contributed by atoms with Crippen molar-refractivity contribution in [1.29, 1.82) is 0 Å². The number of carbonyl (C=O) groups is 2. The van der Waals surface area contributed by atoms with E-state index in [1.807, 2.05) is 49.1 Å². The van der Waals surface area contributed by atoms with E-state index in [0.717, 1.165) is 5.56 Å². The topological polar surface area (TPSA) is 95.6 Å². The van der Waals surface area contributed by atoms with Gasteiger partial charge >= 0.3 is 0 Å². The molecule has 1 aliphatic heterocycles. The van der Waals surface area contributed by atoms with Gasteiger partial charge in [0.2, 0.25) is 11.8 Å². The Hall–Kier alpha value is -2.71. The molecule has 1 fully saturated rings. The zero-order valence-electron chi connectivity index (χ0n) is 17.2. The van der Waals surface area contributed by atoms with Crippen LogP contribution in [0.3, 0.4) is 0 Å². The fourth-order valence-electron chi connectivity index (χ4n) is 3.32. The van der Waals surface area contributed by atoms with E-state index in [9.17, 15) is 18.0 Å². The summed E-state index contributed by atoms with van der Waals surface area (Å²) in [5, 5.41) is 5.74. The summed E-state index contributed by atoms with van der Waals surface area (Å²) < 4.78 is 23.7. The Labute approximate surface area is 177 Å². The Kier molecular flexibility index (Phi) is 6.89. The minimum Gasteiger partial charge on any atom is -0.326 e. The van der Waals surface area contributed by atoms with E-state index >= 15 is 0 Å². The molecule has 0 spiro atoms. The second kappa shape index (κ2) is 9.40. The second-order valence-corrected chi connectivity index (χ2v) is 10.0. The number of sulfone groups is 1. The minimum absolute atomic E-state index is 0.0420. The summed E-state index contributed by atoms with van der Waals surface area (Å²) in [4.78, 5) is 27.1. The summed E-state index contributed by atoms with van der Waals surface area (Å²) in [6.45, 7) is 4.23. The predicted molar refractivity (Wildman–Crippen MR) is 118 cm³/mol. The van der Waals surface area contributed by atoms with Crippen molar-refractivity contribution in [3.63, 3.8) is 0 Å². The molecule has 1 unspecified atom stereocenters. The summed E-state index contributed by atoms with van der Waals surface area (Å²) in [6.07, 6.45) is 0. The largest absolute Gasteiger partial charge is 0.326 e. The Morgan fingerprint density at radius 2 is 1.43 bits per heavy atom. The van der Waals surface area contributed by atoms with Crippen molar-refractivity contribution in [2.75, 3.05) is 35.2 Å². The van der Waals surface area contributed by atoms with Crippen LogP contribution in [0.1, 0.15) is 25.5 Å². The molecule has 2 amide bonds. The fourth-order valence-corrected chi connectivity index (χ4v) is 4.55. The first-order valence-electron chi connectivity index (χ1n) is 9.96. The van der Waals surface area contributed by atoms with Gasteiger partial charge in [0.15, 0.2) is 9.84 Å². The Morgan fingerprint density at radius 1 is 0.867 bits per heavy atom. The van der Waals surface area contributed by atoms with Gasteiger partial charge in [-0.05, 0) is 23.8 Å². The first-order chi connectivity index (χ1) is 14.2. The van der Waals surface area contributed by atoms with Gasteiger partial charge in [0.05, 0.1) is 11.5 Å². The second-order valence-electron chi connectivity index (χ2n) is 7.72. The molecule has 1 aliphatic rings. The maximum Gasteiger partial charge on any atom is 0.246 e. The zero-order valence-corrected chi connectivity index (χ0v) is 18.0. The number of nitrogens with one attached hydrogen (secondary N) is 2. The lowest BCUT2D eigenvalue weighted by molar-refractivity contribution is -0.121. The van der Waals surface area contributed by atoms with Crippen molar-refractivity contribution >= 4 is 33.0 Å². The van der Waals surface area contributed by atoms with Gasteiger partial charge in [-0.15, -0.1) is 0 Å². The molecule has 0 aromatic heterocycles. The van der Waals surface area contributed by atoms with Crippen molar-refractivity contribution in [1.82, 2.24) is 4.90 Å². The van der Waals surface area contributed by atoms with Crippen LogP contribution >= 0.6 is 0 Å². The van der Waals surface area contributed by atoms with E-state index < -0.39 is 15.9 Å². The third-order valence-electron chi connectivity index (χ3n) is 5.03. The third kappa shape index (κ3) is 5.67. The number of amides is 2. The van der Waals surface area contributed by atoms with Crippen molar-refractivity contribution in [2.45, 2.75) is 19.9 Å². The van der Waals surface area contributed by atoms with Gasteiger partial charge < -0.3 is 10.6 Å². The number of hydrogen-bond donors (Lipinski definition) is 2. The molecule has 1 heterocycles. The van der Waals surface area contributed by atoms with Crippen molar-refractivity contribution in [2.24, 2.45) is 5.92 Å². The van der Waals surface area contributed by atoms with Crippen LogP contribution in [0.5, 0.6) is 0 Å². The molecule has 8 heteroatoms. The smallest absolute Gasteiger partial charge is 0.246 e. The van der Waals surface area contributed by atoms with Crippen LogP contribution in [-0.4, -0.2) is 49.7 Å². The van der Waals surface area contributed by atoms with Crippen molar-refractivity contribution < 1.29 is 18.0 Å². The standard InChI is InChI=1S/C22H27N3O4S/c1-16(2)21(26)23-18-9-6-10-19(15-18)24-22(27)20(17-7-4-3-5-8-17)25-11-13-30(28,29)14-12-25/h3-10,15-16,20H,11-14H2,1-2H3,(H,23,26)(H,24,27). The van der Waals surface area contributed by atoms with Crippen LogP contribution in [0, 0.1) is 5.92 Å². The van der Waals surface area contributed by atoms with Crippen LogP contribution in [0.4, 0.5) is 11.4 Å². The van der Waals surface area contributed by atoms with E-state index in [4.69, 9.17) is 0 Å². The highest BCUT2D eigenvalue weighted by molar-refractivity contribution is 7.91. The lowest BCUT2D eigenvalue weighted by Crippen LogP contribution is -2.46. The van der Waals surface area contributed by atoms with Gasteiger partial charge in [0.1, 0.15) is 6.04 Å². The highest BCUT2D eigenvalue weighted by atomic mass is 32.2. The van der Waals surface area contributed by atoms with Gasteiger partial charge in [-0.2, -0.15) is 0 Å². The molecule has 30 heavy (non-hydrogen) atoms. The first-order valence-corrected chi connectivity index (χ1v) is 11.8. The highest BCUT2D eigenvalue weighted by Crippen LogP contribution is 2.25. The normalized spacial score (nSPS) is 17.3. The van der Waals surface area contributed by atoms with E-state index in [1.165, 1.54) is 0 Å². The number of anilines is 2. The SMILES string of the molecule is CC(C)C(=O)Nc1cccc(NC(=O)C(c2ccccc2)N2CCS(=O)(=O)CC2)c1. The van der Waals surface area contributed by atoms with Crippen molar-refractivity contribution in [3.05, 3.63) is 60.2 Å². The van der Waals surface area contributed by atoms with E-state index in [-0.39, 0.29) is 29.2 Å². The van der Waals surface area contributed by atoms with E-state index in [2.05, 4.69) is 10.6 Å². The summed E-state index contributed by atoms with van der Waals surface area (Å²) in [5.41, 5.74) is 1.97. The molecular formula is C22H27N3O4S. The number of carbonyl (C=O) groups excluding carboxylic acids is 2. The minimum atomic E-state index is -3.05. The third-order valence-corrected chi connectivity index (χ3v) is 6.64. The van der Waals surface area contributed by atoms with Gasteiger partial charge in [0.25, 0.3) is 0 Å². The monoisotopic (exact) mass is 429 g/mol. The number of rotatable bonds is 6. The average molecular weight is 430 g/mol. The zero-order chi connectivity index (χ0) is 21.7. The molecule has 2 aromatic rings. The molecular weight excluding hydrogens is 402 g/mol. The molecule has 0 saturated carbocycles. The summed E-state index contributed by atoms with van der Waals surface area (Å²) >= 11 is 0. The van der Waals surface area contributed by atoms with Crippen LogP contribution in [0.15, 0.2) is 54.6 Å². The van der Waals surface area contributed by atoms with Crippen LogP contribution in [-0.2, 0) is 19.4 Å². The van der Waals surface area contributed by atoms with Crippen LogP contribution in [0.2, 0.25) is 0 Å². The predicted octanol–water partition coefficient (Wildman–Crippen LogP) is 2.69. The van der Waals surface area contributed by atoms with E-state index in [0.29, 0.717) is 24.5 Å². The Balaban J connectivity index is 1.80. The maximum atomic E-state index is 13.2. The lowest BCUT2D eigenvalue weighted by Gasteiger charge is -2.33. The van der Waals surface area contributed by atoms with Gasteiger partial charge in [-0.3, -0.25) is 14.5 Å². The first kappa shape index (κ1) is 22.0. The fraction of sp³-hybridized carbons (Fsp3) is 0.364. The molecule has 160 valence electrons. The highest BCUT2D eigenvalue weighted by Gasteiger charge is 2.32. The molecule has 0 radical (unpaired) electrons. The number of nitrogens with zero attached hydrogens (tertiary/aromatic N) is 1. The molecule has 2 aromatic carbocycles. The van der Waals surface area contributed by atoms with Gasteiger partial charge in [0, 0.05) is 30.4 Å². The van der Waals surface area contributed by atoms with Gasteiger partial charge in [-0.25, -0.2) is 8.42 Å². The lowest BCUT2D eigenvalue weighted by atomic mass is 10.0. The molecule has 1 atom stereocenters. The summed E-state index contributed by atoms with van der Waals surface area (Å²) in [6, 6.07) is 15.7. The van der Waals surface area contributed by atoms with Crippen molar-refractivity contribution in [3.8, 4) is 0 Å². The average Bonchev–Trinajstić information content (AvgIpc) is 2.70. The Morgan fingerprint density at radius 3 is 2.00 bits per heavy atom. The molecule has 0 aliphatic carbocycles. The molecule has 7 nitrogen and oxygen atoms in total. The maximum absolute atomic E-state index is 13.2. The quantitative estimate of drug-likeness (QED) is 0.736. The Bertz CT molecular complexity index is 992. The molecule has 1 saturated heterocycles. The van der Waals surface area contributed by atoms with Crippen LogP contribution < -0.4 is 10.6 Å². The molecule has 2 N–H and O–H groups in total.